The summed E-state index contributed by atoms with van der Waals surface area (Å²) in [6.45, 7) is 5.44. The number of rotatable bonds is 7. The van der Waals surface area contributed by atoms with E-state index in [1.54, 1.807) is 13.2 Å². The average molecular weight is 303 g/mol. The Morgan fingerprint density at radius 1 is 1.09 bits per heavy atom. The SMILES string of the molecule is COc1cc(CNc2cccc(F)c2)ccc1OCC(C)C. The molecule has 0 saturated heterocycles. The van der Waals surface area contributed by atoms with Gasteiger partial charge in [0.05, 0.1) is 13.7 Å². The van der Waals surface area contributed by atoms with E-state index in [-0.39, 0.29) is 5.82 Å². The average Bonchev–Trinajstić information content (AvgIpc) is 2.51. The van der Waals surface area contributed by atoms with Crippen molar-refractivity contribution in [2.45, 2.75) is 20.4 Å². The topological polar surface area (TPSA) is 30.5 Å². The molecule has 3 nitrogen and oxygen atoms in total. The minimum atomic E-state index is -0.250. The summed E-state index contributed by atoms with van der Waals surface area (Å²) < 4.78 is 24.2. The fourth-order valence-electron chi connectivity index (χ4n) is 2.00. The minimum absolute atomic E-state index is 0.250. The molecule has 0 spiro atoms. The van der Waals surface area contributed by atoms with Crippen LogP contribution in [0.4, 0.5) is 10.1 Å². The van der Waals surface area contributed by atoms with E-state index in [0.29, 0.717) is 24.8 Å². The van der Waals surface area contributed by atoms with Crippen molar-refractivity contribution in [2.24, 2.45) is 5.92 Å². The van der Waals surface area contributed by atoms with Crippen LogP contribution in [0.15, 0.2) is 42.5 Å². The first-order valence-electron chi connectivity index (χ1n) is 7.37. The lowest BCUT2D eigenvalue weighted by atomic mass is 10.2. The van der Waals surface area contributed by atoms with Gasteiger partial charge in [-0.25, -0.2) is 4.39 Å². The Labute approximate surface area is 131 Å². The second kappa shape index (κ2) is 7.69. The molecule has 1 N–H and O–H groups in total. The molecule has 0 fully saturated rings. The molecule has 2 aromatic rings. The predicted octanol–water partition coefficient (Wildman–Crippen LogP) is 4.48. The van der Waals surface area contributed by atoms with Crippen LogP contribution in [0.1, 0.15) is 19.4 Å². The molecule has 0 amide bonds. The zero-order valence-corrected chi connectivity index (χ0v) is 13.2. The van der Waals surface area contributed by atoms with E-state index in [2.05, 4.69) is 19.2 Å². The first kappa shape index (κ1) is 16.1. The van der Waals surface area contributed by atoms with E-state index >= 15 is 0 Å². The van der Waals surface area contributed by atoms with Gasteiger partial charge in [-0.15, -0.1) is 0 Å². The lowest BCUT2D eigenvalue weighted by molar-refractivity contribution is 0.257. The molecule has 0 unspecified atom stereocenters. The van der Waals surface area contributed by atoms with E-state index < -0.39 is 0 Å². The van der Waals surface area contributed by atoms with Gasteiger partial charge < -0.3 is 14.8 Å². The van der Waals surface area contributed by atoms with E-state index in [4.69, 9.17) is 9.47 Å². The third kappa shape index (κ3) is 4.65. The van der Waals surface area contributed by atoms with Crippen LogP contribution in [0.3, 0.4) is 0 Å². The van der Waals surface area contributed by atoms with Crippen LogP contribution in [0.5, 0.6) is 11.5 Å². The van der Waals surface area contributed by atoms with Crippen LogP contribution < -0.4 is 14.8 Å². The number of hydrogen-bond donors (Lipinski definition) is 1. The van der Waals surface area contributed by atoms with Gasteiger partial charge >= 0.3 is 0 Å². The third-order valence-electron chi connectivity index (χ3n) is 3.12. The van der Waals surface area contributed by atoms with Gasteiger partial charge in [0.15, 0.2) is 11.5 Å². The van der Waals surface area contributed by atoms with Crippen molar-refractivity contribution >= 4 is 5.69 Å². The van der Waals surface area contributed by atoms with E-state index in [1.165, 1.54) is 12.1 Å². The summed E-state index contributed by atoms with van der Waals surface area (Å²) >= 11 is 0. The normalized spacial score (nSPS) is 10.6. The van der Waals surface area contributed by atoms with Crippen LogP contribution in [0, 0.1) is 11.7 Å². The van der Waals surface area contributed by atoms with Gasteiger partial charge in [0, 0.05) is 12.2 Å². The van der Waals surface area contributed by atoms with Gasteiger partial charge in [0.25, 0.3) is 0 Å². The first-order chi connectivity index (χ1) is 10.6. The Hall–Kier alpha value is -2.23. The molecule has 4 heteroatoms. The first-order valence-corrected chi connectivity index (χ1v) is 7.37. The molecule has 0 saturated carbocycles. The Morgan fingerprint density at radius 3 is 2.59 bits per heavy atom. The number of anilines is 1. The summed E-state index contributed by atoms with van der Waals surface area (Å²) in [6.07, 6.45) is 0. The quantitative estimate of drug-likeness (QED) is 0.818. The zero-order valence-electron chi connectivity index (χ0n) is 13.2. The van der Waals surface area contributed by atoms with Gasteiger partial charge in [-0.05, 0) is 41.8 Å². The minimum Gasteiger partial charge on any atom is -0.493 e. The van der Waals surface area contributed by atoms with E-state index in [1.807, 2.05) is 24.3 Å². The van der Waals surface area contributed by atoms with Gasteiger partial charge in [0.1, 0.15) is 5.82 Å². The van der Waals surface area contributed by atoms with Crippen LogP contribution in [0.2, 0.25) is 0 Å². The highest BCUT2D eigenvalue weighted by Crippen LogP contribution is 2.28. The van der Waals surface area contributed by atoms with Gasteiger partial charge in [-0.2, -0.15) is 0 Å². The smallest absolute Gasteiger partial charge is 0.161 e. The van der Waals surface area contributed by atoms with Gasteiger partial charge in [0.2, 0.25) is 0 Å². The monoisotopic (exact) mass is 303 g/mol. The van der Waals surface area contributed by atoms with Crippen molar-refractivity contribution in [3.63, 3.8) is 0 Å². The summed E-state index contributed by atoms with van der Waals surface area (Å²) in [4.78, 5) is 0. The molecule has 22 heavy (non-hydrogen) atoms. The Bertz CT molecular complexity index is 614. The van der Waals surface area contributed by atoms with Crippen LogP contribution in [0.25, 0.3) is 0 Å². The van der Waals surface area contributed by atoms with Gasteiger partial charge in [-0.3, -0.25) is 0 Å². The maximum atomic E-state index is 13.1. The highest BCUT2D eigenvalue weighted by molar-refractivity contribution is 5.46. The van der Waals surface area contributed by atoms with Crippen molar-refractivity contribution < 1.29 is 13.9 Å². The number of halogens is 1. The number of benzene rings is 2. The van der Waals surface area contributed by atoms with Gasteiger partial charge in [-0.1, -0.05) is 26.0 Å². The molecule has 0 aromatic heterocycles. The summed E-state index contributed by atoms with van der Waals surface area (Å²) in [7, 11) is 1.63. The maximum absolute atomic E-state index is 13.1. The Balaban J connectivity index is 2.02. The Morgan fingerprint density at radius 2 is 1.91 bits per heavy atom. The predicted molar refractivity (Wildman–Crippen MR) is 87.1 cm³/mol. The molecule has 0 aliphatic rings. The number of ether oxygens (including phenoxy) is 2. The number of methoxy groups -OCH3 is 1. The van der Waals surface area contributed by atoms with E-state index in [0.717, 1.165) is 17.0 Å². The zero-order chi connectivity index (χ0) is 15.9. The van der Waals surface area contributed by atoms with Crippen molar-refractivity contribution in [1.29, 1.82) is 0 Å². The number of nitrogens with one attached hydrogen (secondary N) is 1. The molecule has 0 radical (unpaired) electrons. The van der Waals surface area contributed by atoms with Crippen molar-refractivity contribution in [2.75, 3.05) is 19.0 Å². The molecule has 2 aromatic carbocycles. The summed E-state index contributed by atoms with van der Waals surface area (Å²) in [6, 6.07) is 12.2. The van der Waals surface area contributed by atoms with Crippen LogP contribution in [-0.2, 0) is 6.54 Å². The molecule has 0 aliphatic carbocycles. The third-order valence-corrected chi connectivity index (χ3v) is 3.12. The molecule has 0 heterocycles. The molecular formula is C18H22FNO2. The van der Waals surface area contributed by atoms with Crippen molar-refractivity contribution in [3.05, 3.63) is 53.8 Å². The second-order valence-corrected chi connectivity index (χ2v) is 5.55. The highest BCUT2D eigenvalue weighted by atomic mass is 19.1. The van der Waals surface area contributed by atoms with Crippen molar-refractivity contribution in [1.82, 2.24) is 0 Å². The lowest BCUT2D eigenvalue weighted by Gasteiger charge is -2.14. The molecule has 0 bridgehead atoms. The number of hydrogen-bond acceptors (Lipinski definition) is 3. The molecule has 118 valence electrons. The summed E-state index contributed by atoms with van der Waals surface area (Å²) in [5, 5.41) is 3.19. The van der Waals surface area contributed by atoms with Crippen LogP contribution >= 0.6 is 0 Å². The second-order valence-electron chi connectivity index (χ2n) is 5.55. The molecule has 0 atom stereocenters. The van der Waals surface area contributed by atoms with E-state index in [9.17, 15) is 4.39 Å². The molecule has 2 rings (SSSR count). The fraction of sp³-hybridized carbons (Fsp3) is 0.333. The molecule has 0 aliphatic heterocycles. The van der Waals surface area contributed by atoms with Crippen molar-refractivity contribution in [3.8, 4) is 11.5 Å². The molecular weight excluding hydrogens is 281 g/mol. The fourth-order valence-corrected chi connectivity index (χ4v) is 2.00. The maximum Gasteiger partial charge on any atom is 0.161 e. The van der Waals surface area contributed by atoms with Crippen LogP contribution in [-0.4, -0.2) is 13.7 Å². The largest absolute Gasteiger partial charge is 0.493 e. The Kier molecular flexibility index (Phi) is 5.64. The standard InChI is InChI=1S/C18H22FNO2/c1-13(2)12-22-17-8-7-14(9-18(17)21-3)11-20-16-6-4-5-15(19)10-16/h4-10,13,20H,11-12H2,1-3H3. The summed E-state index contributed by atoms with van der Waals surface area (Å²) in [5.41, 5.74) is 1.79. The highest BCUT2D eigenvalue weighted by Gasteiger charge is 2.07. The summed E-state index contributed by atoms with van der Waals surface area (Å²) in [5.74, 6) is 1.66. The lowest BCUT2D eigenvalue weighted by Crippen LogP contribution is -2.06.